The van der Waals surface area contributed by atoms with Gasteiger partial charge in [-0.25, -0.2) is 4.98 Å². The normalized spacial score (nSPS) is 38.1. The predicted octanol–water partition coefficient (Wildman–Crippen LogP) is 1.25. The molecule has 0 spiro atoms. The van der Waals surface area contributed by atoms with Gasteiger partial charge in [-0.3, -0.25) is 9.69 Å². The summed E-state index contributed by atoms with van der Waals surface area (Å²) in [5.74, 6) is 2.18. The Balaban J connectivity index is 1.26. The molecular formula is C23H34N4O3. The van der Waals surface area contributed by atoms with Crippen molar-refractivity contribution in [3.05, 3.63) is 23.9 Å². The molecule has 164 valence electrons. The Kier molecular flexibility index (Phi) is 5.24. The van der Waals surface area contributed by atoms with Gasteiger partial charge in [-0.1, -0.05) is 6.07 Å². The van der Waals surface area contributed by atoms with Crippen molar-refractivity contribution in [2.24, 2.45) is 17.8 Å². The molecule has 1 aliphatic heterocycles. The number of carbonyl (C=O) groups is 1. The number of nitrogens with one attached hydrogen (secondary N) is 1. The third-order valence-corrected chi connectivity index (χ3v) is 7.93. The largest absolute Gasteiger partial charge is 0.395 e. The molecule has 0 radical (unpaired) electrons. The minimum Gasteiger partial charge on any atom is -0.395 e. The summed E-state index contributed by atoms with van der Waals surface area (Å²) in [5, 5.41) is 23.3. The highest BCUT2D eigenvalue weighted by molar-refractivity contribution is 5.93. The molecule has 4 saturated carbocycles. The molecule has 2 unspecified atom stereocenters. The minimum absolute atomic E-state index is 0.0899. The highest BCUT2D eigenvalue weighted by atomic mass is 16.3. The second kappa shape index (κ2) is 7.77. The van der Waals surface area contributed by atoms with Crippen LogP contribution in [0.2, 0.25) is 0 Å². The lowest BCUT2D eigenvalue weighted by Crippen LogP contribution is -2.61. The first-order valence-electron chi connectivity index (χ1n) is 11.5. The molecule has 3 N–H and O–H groups in total. The molecule has 1 aromatic rings. The number of hydrogen-bond acceptors (Lipinski definition) is 6. The number of aliphatic hydroxyl groups excluding tert-OH is 1. The fourth-order valence-corrected chi connectivity index (χ4v) is 6.87. The number of hydrogen-bond donors (Lipinski definition) is 3. The number of anilines is 1. The fourth-order valence-electron chi connectivity index (χ4n) is 6.87. The smallest absolute Gasteiger partial charge is 0.270 e. The van der Waals surface area contributed by atoms with Crippen LogP contribution in [-0.4, -0.2) is 76.5 Å². The molecule has 30 heavy (non-hydrogen) atoms. The zero-order chi connectivity index (χ0) is 20.9. The average Bonchev–Trinajstić information content (AvgIpc) is 2.70. The standard InChI is InChI=1S/C23H34N4O3/c1-15-14-26(7-8-28)5-6-27(15)20-4-2-3-19(24-20)22(29)25-21-17-9-16-10-18(21)13-23(30,11-16)12-17/h2-4,15-18,21,28,30H,5-14H2,1H3,(H,25,29)/t15-,16?,17?,18?,21-,23-/m1/s1. The summed E-state index contributed by atoms with van der Waals surface area (Å²) >= 11 is 0. The molecule has 4 aliphatic carbocycles. The third kappa shape index (κ3) is 3.72. The summed E-state index contributed by atoms with van der Waals surface area (Å²) in [6, 6.07) is 6.15. The van der Waals surface area contributed by atoms with Gasteiger partial charge in [-0.15, -0.1) is 0 Å². The van der Waals surface area contributed by atoms with Gasteiger partial charge in [0, 0.05) is 38.3 Å². The molecule has 7 heteroatoms. The van der Waals surface area contributed by atoms with E-state index < -0.39 is 5.60 Å². The highest BCUT2D eigenvalue weighted by Crippen LogP contribution is 2.55. The molecule has 3 atom stereocenters. The number of piperazine rings is 1. The van der Waals surface area contributed by atoms with Crippen molar-refractivity contribution >= 4 is 11.7 Å². The van der Waals surface area contributed by atoms with Gasteiger partial charge in [0.05, 0.1) is 12.2 Å². The van der Waals surface area contributed by atoms with E-state index in [1.807, 2.05) is 12.1 Å². The van der Waals surface area contributed by atoms with Crippen LogP contribution in [0.4, 0.5) is 5.82 Å². The molecule has 6 rings (SSSR count). The van der Waals surface area contributed by atoms with E-state index in [1.54, 1.807) is 6.07 Å². The number of rotatable bonds is 5. The Morgan fingerprint density at radius 2 is 2.00 bits per heavy atom. The topological polar surface area (TPSA) is 88.9 Å². The monoisotopic (exact) mass is 414 g/mol. The van der Waals surface area contributed by atoms with Crippen LogP contribution in [0.15, 0.2) is 18.2 Å². The Hall–Kier alpha value is -1.70. The number of carbonyl (C=O) groups excluding carboxylic acids is 1. The maximum absolute atomic E-state index is 13.1. The van der Waals surface area contributed by atoms with E-state index in [0.29, 0.717) is 30.0 Å². The number of nitrogens with zero attached hydrogens (tertiary/aromatic N) is 3. The van der Waals surface area contributed by atoms with Crippen LogP contribution >= 0.6 is 0 Å². The SMILES string of the molecule is C[C@@H]1CN(CCO)CCN1c1cccc(C(=O)N[C@H]2C3CC4CC2C[C@](O)(C4)C3)n1. The van der Waals surface area contributed by atoms with Gasteiger partial charge in [0.15, 0.2) is 0 Å². The van der Waals surface area contributed by atoms with Crippen LogP contribution < -0.4 is 10.2 Å². The van der Waals surface area contributed by atoms with E-state index in [1.165, 1.54) is 0 Å². The average molecular weight is 415 g/mol. The Morgan fingerprint density at radius 1 is 1.23 bits per heavy atom. The zero-order valence-electron chi connectivity index (χ0n) is 17.8. The van der Waals surface area contributed by atoms with Crippen molar-refractivity contribution in [1.82, 2.24) is 15.2 Å². The van der Waals surface area contributed by atoms with Crippen LogP contribution in [-0.2, 0) is 0 Å². The quantitative estimate of drug-likeness (QED) is 0.672. The van der Waals surface area contributed by atoms with Crippen LogP contribution in [0.5, 0.6) is 0 Å². The van der Waals surface area contributed by atoms with E-state index in [0.717, 1.165) is 57.6 Å². The van der Waals surface area contributed by atoms with Crippen molar-refractivity contribution in [1.29, 1.82) is 0 Å². The minimum atomic E-state index is -0.482. The molecule has 1 saturated heterocycles. The summed E-state index contributed by atoms with van der Waals surface area (Å²) in [7, 11) is 0. The molecule has 5 fully saturated rings. The first-order valence-corrected chi connectivity index (χ1v) is 11.5. The predicted molar refractivity (Wildman–Crippen MR) is 114 cm³/mol. The van der Waals surface area contributed by atoms with Crippen LogP contribution in [0, 0.1) is 17.8 Å². The molecule has 0 aromatic carbocycles. The lowest BCUT2D eigenvalue weighted by Gasteiger charge is -2.58. The van der Waals surface area contributed by atoms with E-state index in [-0.39, 0.29) is 24.6 Å². The molecule has 7 nitrogen and oxygen atoms in total. The van der Waals surface area contributed by atoms with Gasteiger partial charge in [0.1, 0.15) is 11.5 Å². The maximum atomic E-state index is 13.1. The van der Waals surface area contributed by atoms with Crippen LogP contribution in [0.3, 0.4) is 0 Å². The van der Waals surface area contributed by atoms with E-state index in [4.69, 9.17) is 4.98 Å². The van der Waals surface area contributed by atoms with Gasteiger partial charge < -0.3 is 20.4 Å². The molecule has 1 aromatic heterocycles. The van der Waals surface area contributed by atoms with Crippen molar-refractivity contribution in [3.8, 4) is 0 Å². The third-order valence-electron chi connectivity index (χ3n) is 7.93. The molecule has 1 amide bonds. The summed E-state index contributed by atoms with van der Waals surface area (Å²) < 4.78 is 0. The van der Waals surface area contributed by atoms with Gasteiger partial charge >= 0.3 is 0 Å². The highest BCUT2D eigenvalue weighted by Gasteiger charge is 2.55. The maximum Gasteiger partial charge on any atom is 0.270 e. The lowest BCUT2D eigenvalue weighted by atomic mass is 9.52. The molecule has 4 bridgehead atoms. The fraction of sp³-hybridized carbons (Fsp3) is 0.739. The zero-order valence-corrected chi connectivity index (χ0v) is 17.8. The van der Waals surface area contributed by atoms with E-state index in [9.17, 15) is 15.0 Å². The van der Waals surface area contributed by atoms with Crippen molar-refractivity contribution < 1.29 is 15.0 Å². The Bertz CT molecular complexity index is 786. The van der Waals surface area contributed by atoms with Crippen LogP contribution in [0.1, 0.15) is 49.5 Å². The van der Waals surface area contributed by atoms with Gasteiger partial charge in [0.2, 0.25) is 0 Å². The van der Waals surface area contributed by atoms with Gasteiger partial charge in [-0.05, 0) is 68.9 Å². The second-order valence-electron chi connectivity index (χ2n) is 10.1. The second-order valence-corrected chi connectivity index (χ2v) is 10.1. The summed E-state index contributed by atoms with van der Waals surface area (Å²) in [6.07, 6.45) is 4.87. The summed E-state index contributed by atoms with van der Waals surface area (Å²) in [6.45, 7) is 5.66. The van der Waals surface area contributed by atoms with Crippen molar-refractivity contribution in [2.45, 2.75) is 56.7 Å². The first kappa shape index (κ1) is 20.2. The van der Waals surface area contributed by atoms with Crippen molar-refractivity contribution in [3.63, 3.8) is 0 Å². The Morgan fingerprint density at radius 3 is 2.67 bits per heavy atom. The lowest BCUT2D eigenvalue weighted by molar-refractivity contribution is -0.136. The number of aliphatic hydroxyl groups is 2. The number of amides is 1. The first-order chi connectivity index (χ1) is 14.4. The van der Waals surface area contributed by atoms with Gasteiger partial charge in [-0.2, -0.15) is 0 Å². The van der Waals surface area contributed by atoms with E-state index in [2.05, 4.69) is 22.0 Å². The molecular weight excluding hydrogens is 380 g/mol. The Labute approximate surface area is 178 Å². The summed E-state index contributed by atoms with van der Waals surface area (Å²) in [4.78, 5) is 22.3. The van der Waals surface area contributed by atoms with Crippen molar-refractivity contribution in [2.75, 3.05) is 37.7 Å². The molecule has 2 heterocycles. The van der Waals surface area contributed by atoms with E-state index >= 15 is 0 Å². The number of aromatic nitrogens is 1. The molecule has 5 aliphatic rings. The summed E-state index contributed by atoms with van der Waals surface area (Å²) in [5.41, 5.74) is -0.00508. The van der Waals surface area contributed by atoms with Gasteiger partial charge in [0.25, 0.3) is 5.91 Å². The number of β-amino-alcohol motifs (C(OH)–C–C–N with tert-alkyl or cyclic N) is 1. The number of pyridine rings is 1. The van der Waals surface area contributed by atoms with Crippen LogP contribution in [0.25, 0.3) is 0 Å².